The first-order chi connectivity index (χ1) is 9.10. The van der Waals surface area contributed by atoms with Gasteiger partial charge in [0.1, 0.15) is 5.82 Å². The van der Waals surface area contributed by atoms with Gasteiger partial charge in [-0.2, -0.15) is 0 Å². The lowest BCUT2D eigenvalue weighted by atomic mass is 9.79. The molecule has 1 nitrogen and oxygen atoms in total. The van der Waals surface area contributed by atoms with Crippen LogP contribution in [0.3, 0.4) is 0 Å². The number of benzene rings is 1. The van der Waals surface area contributed by atoms with Crippen molar-refractivity contribution in [1.82, 2.24) is 5.32 Å². The van der Waals surface area contributed by atoms with E-state index >= 15 is 0 Å². The summed E-state index contributed by atoms with van der Waals surface area (Å²) >= 11 is 0. The Morgan fingerprint density at radius 3 is 2.68 bits per heavy atom. The van der Waals surface area contributed by atoms with Crippen LogP contribution >= 0.6 is 0 Å². The number of hydrogen-bond donors (Lipinski definition) is 1. The fourth-order valence-electron chi connectivity index (χ4n) is 3.16. The summed E-state index contributed by atoms with van der Waals surface area (Å²) in [5.41, 5.74) is 1.08. The van der Waals surface area contributed by atoms with Crippen LogP contribution in [0.4, 0.5) is 4.39 Å². The van der Waals surface area contributed by atoms with Crippen LogP contribution in [0.5, 0.6) is 0 Å². The van der Waals surface area contributed by atoms with Crippen molar-refractivity contribution in [3.05, 3.63) is 35.6 Å². The van der Waals surface area contributed by atoms with Crippen molar-refractivity contribution < 1.29 is 4.39 Å². The van der Waals surface area contributed by atoms with Gasteiger partial charge in [-0.15, -0.1) is 0 Å². The average molecular weight is 263 g/mol. The summed E-state index contributed by atoms with van der Waals surface area (Å²) < 4.78 is 13.3. The fourth-order valence-corrected chi connectivity index (χ4v) is 3.16. The molecule has 0 bridgehead atoms. The van der Waals surface area contributed by atoms with Crippen LogP contribution in [0.25, 0.3) is 0 Å². The zero-order chi connectivity index (χ0) is 13.8. The van der Waals surface area contributed by atoms with Crippen LogP contribution in [0.2, 0.25) is 0 Å². The molecule has 0 heterocycles. The fraction of sp³-hybridized carbons (Fsp3) is 0.647. The van der Waals surface area contributed by atoms with E-state index in [-0.39, 0.29) is 11.9 Å². The van der Waals surface area contributed by atoms with Gasteiger partial charge >= 0.3 is 0 Å². The third kappa shape index (κ3) is 3.79. The SMILES string of the molecule is CCC(NC1CCC(C)C(C)C1)c1cccc(F)c1. The Kier molecular flexibility index (Phi) is 4.98. The van der Waals surface area contributed by atoms with Gasteiger partial charge in [-0.05, 0) is 55.2 Å². The molecule has 1 fully saturated rings. The molecule has 19 heavy (non-hydrogen) atoms. The summed E-state index contributed by atoms with van der Waals surface area (Å²) in [6.45, 7) is 6.86. The van der Waals surface area contributed by atoms with E-state index in [0.29, 0.717) is 6.04 Å². The van der Waals surface area contributed by atoms with Crippen LogP contribution in [-0.2, 0) is 0 Å². The molecule has 0 saturated heterocycles. The summed E-state index contributed by atoms with van der Waals surface area (Å²) in [6.07, 6.45) is 4.80. The van der Waals surface area contributed by atoms with Gasteiger partial charge in [0.15, 0.2) is 0 Å². The van der Waals surface area contributed by atoms with Gasteiger partial charge in [0.25, 0.3) is 0 Å². The van der Waals surface area contributed by atoms with E-state index in [1.807, 2.05) is 6.07 Å². The van der Waals surface area contributed by atoms with Crippen LogP contribution in [0, 0.1) is 17.7 Å². The lowest BCUT2D eigenvalue weighted by Crippen LogP contribution is -2.38. The summed E-state index contributed by atoms with van der Waals surface area (Å²) in [5.74, 6) is 1.49. The summed E-state index contributed by atoms with van der Waals surface area (Å²) in [7, 11) is 0. The van der Waals surface area contributed by atoms with E-state index in [4.69, 9.17) is 0 Å². The van der Waals surface area contributed by atoms with E-state index in [0.717, 1.165) is 23.8 Å². The first-order valence-electron chi connectivity index (χ1n) is 7.61. The second kappa shape index (κ2) is 6.51. The highest BCUT2D eigenvalue weighted by molar-refractivity contribution is 5.20. The molecule has 106 valence electrons. The maximum absolute atomic E-state index is 13.3. The Bertz CT molecular complexity index is 404. The molecule has 0 aromatic heterocycles. The monoisotopic (exact) mass is 263 g/mol. The standard InChI is InChI=1S/C17H26FN/c1-4-17(14-6-5-7-15(18)11-14)19-16-9-8-12(2)13(3)10-16/h5-7,11-13,16-17,19H,4,8-10H2,1-3H3. The molecule has 0 aliphatic heterocycles. The highest BCUT2D eigenvalue weighted by Gasteiger charge is 2.26. The quantitative estimate of drug-likeness (QED) is 0.831. The Hall–Kier alpha value is -0.890. The molecule has 1 aliphatic rings. The van der Waals surface area contributed by atoms with E-state index in [1.165, 1.54) is 25.3 Å². The van der Waals surface area contributed by atoms with Crippen molar-refractivity contribution in [2.75, 3.05) is 0 Å². The molecule has 1 aliphatic carbocycles. The minimum Gasteiger partial charge on any atom is -0.307 e. The van der Waals surface area contributed by atoms with Gasteiger partial charge in [-0.3, -0.25) is 0 Å². The van der Waals surface area contributed by atoms with Crippen LogP contribution < -0.4 is 5.32 Å². The van der Waals surface area contributed by atoms with Gasteiger partial charge in [-0.1, -0.05) is 32.9 Å². The summed E-state index contributed by atoms with van der Waals surface area (Å²) in [5, 5.41) is 3.73. The van der Waals surface area contributed by atoms with Gasteiger partial charge in [-0.25, -0.2) is 4.39 Å². The molecule has 4 unspecified atom stereocenters. The minimum atomic E-state index is -0.136. The van der Waals surface area contributed by atoms with E-state index in [9.17, 15) is 4.39 Å². The van der Waals surface area contributed by atoms with E-state index in [2.05, 4.69) is 26.1 Å². The first-order valence-corrected chi connectivity index (χ1v) is 7.61. The zero-order valence-corrected chi connectivity index (χ0v) is 12.3. The molecule has 2 rings (SSSR count). The third-order valence-corrected chi connectivity index (χ3v) is 4.69. The second-order valence-electron chi connectivity index (χ2n) is 6.15. The first kappa shape index (κ1) is 14.5. The molecular weight excluding hydrogens is 237 g/mol. The summed E-state index contributed by atoms with van der Waals surface area (Å²) in [4.78, 5) is 0. The van der Waals surface area contributed by atoms with Gasteiger partial charge in [0.2, 0.25) is 0 Å². The normalized spacial score (nSPS) is 29.2. The van der Waals surface area contributed by atoms with Crippen LogP contribution in [0.15, 0.2) is 24.3 Å². The molecular formula is C17H26FN. The predicted octanol–water partition coefficient (Wildman–Crippen LogP) is 4.69. The molecule has 1 aromatic carbocycles. The number of nitrogens with one attached hydrogen (secondary N) is 1. The van der Waals surface area contributed by atoms with Gasteiger partial charge < -0.3 is 5.32 Å². The molecule has 4 atom stereocenters. The Balaban J connectivity index is 1.99. The molecule has 1 aromatic rings. The largest absolute Gasteiger partial charge is 0.307 e. The van der Waals surface area contributed by atoms with Crippen molar-refractivity contribution in [2.45, 2.75) is 58.5 Å². The number of hydrogen-bond acceptors (Lipinski definition) is 1. The van der Waals surface area contributed by atoms with Crippen molar-refractivity contribution >= 4 is 0 Å². The number of rotatable bonds is 4. The lowest BCUT2D eigenvalue weighted by Gasteiger charge is -2.35. The average Bonchev–Trinajstić information content (AvgIpc) is 2.40. The van der Waals surface area contributed by atoms with Gasteiger partial charge in [0, 0.05) is 12.1 Å². The van der Waals surface area contributed by atoms with Gasteiger partial charge in [0.05, 0.1) is 0 Å². The molecule has 0 spiro atoms. The molecule has 2 heteroatoms. The molecule has 0 radical (unpaired) electrons. The highest BCUT2D eigenvalue weighted by Crippen LogP contribution is 2.31. The van der Waals surface area contributed by atoms with Crippen molar-refractivity contribution in [2.24, 2.45) is 11.8 Å². The lowest BCUT2D eigenvalue weighted by molar-refractivity contribution is 0.214. The van der Waals surface area contributed by atoms with Crippen LogP contribution in [-0.4, -0.2) is 6.04 Å². The van der Waals surface area contributed by atoms with Crippen molar-refractivity contribution in [3.8, 4) is 0 Å². The molecule has 0 amide bonds. The maximum atomic E-state index is 13.3. The third-order valence-electron chi connectivity index (χ3n) is 4.69. The predicted molar refractivity (Wildman–Crippen MR) is 78.5 cm³/mol. The minimum absolute atomic E-state index is 0.136. The Labute approximate surface area is 116 Å². The Morgan fingerprint density at radius 2 is 2.05 bits per heavy atom. The topological polar surface area (TPSA) is 12.0 Å². The number of halogens is 1. The molecule has 1 saturated carbocycles. The van der Waals surface area contributed by atoms with Crippen molar-refractivity contribution in [3.63, 3.8) is 0 Å². The van der Waals surface area contributed by atoms with Crippen LogP contribution in [0.1, 0.15) is 58.1 Å². The second-order valence-corrected chi connectivity index (χ2v) is 6.15. The van der Waals surface area contributed by atoms with Crippen molar-refractivity contribution in [1.29, 1.82) is 0 Å². The molecule has 1 N–H and O–H groups in total. The van der Waals surface area contributed by atoms with E-state index < -0.39 is 0 Å². The smallest absolute Gasteiger partial charge is 0.123 e. The Morgan fingerprint density at radius 1 is 1.26 bits per heavy atom. The van der Waals surface area contributed by atoms with E-state index in [1.54, 1.807) is 12.1 Å². The highest BCUT2D eigenvalue weighted by atomic mass is 19.1. The zero-order valence-electron chi connectivity index (χ0n) is 12.3. The summed E-state index contributed by atoms with van der Waals surface area (Å²) in [6, 6.07) is 7.87. The maximum Gasteiger partial charge on any atom is 0.123 e.